The molecule has 0 spiro atoms. The van der Waals surface area contributed by atoms with Crippen LogP contribution in [0, 0.1) is 5.82 Å². The number of aromatic nitrogens is 1. The normalized spacial score (nSPS) is 15.3. The van der Waals surface area contributed by atoms with Crippen LogP contribution in [0.5, 0.6) is 0 Å². The lowest BCUT2D eigenvalue weighted by molar-refractivity contribution is 0.0746. The summed E-state index contributed by atoms with van der Waals surface area (Å²) in [5.74, 6) is -0.422. The zero-order valence-corrected chi connectivity index (χ0v) is 13.5. The maximum absolute atomic E-state index is 13.2. The van der Waals surface area contributed by atoms with E-state index >= 15 is 0 Å². The van der Waals surface area contributed by atoms with Crippen LogP contribution in [0.1, 0.15) is 10.4 Å². The fourth-order valence-electron chi connectivity index (χ4n) is 2.28. The number of anilines is 1. The van der Waals surface area contributed by atoms with Gasteiger partial charge in [-0.1, -0.05) is 0 Å². The van der Waals surface area contributed by atoms with Crippen LogP contribution in [0.2, 0.25) is 0 Å². The number of nitrogens with zero attached hydrogens (tertiary/aromatic N) is 3. The molecule has 7 heteroatoms. The van der Waals surface area contributed by atoms with E-state index in [1.807, 2.05) is 5.38 Å². The lowest BCUT2D eigenvalue weighted by atomic mass is 10.2. The van der Waals surface area contributed by atoms with Crippen molar-refractivity contribution in [2.75, 3.05) is 31.1 Å². The number of amides is 1. The third-order valence-corrected chi connectivity index (χ3v) is 4.86. The molecule has 1 aromatic carbocycles. The minimum absolute atomic E-state index is 0.0607. The molecule has 0 N–H and O–H groups in total. The number of halogens is 2. The number of piperazine rings is 1. The van der Waals surface area contributed by atoms with Crippen molar-refractivity contribution in [2.24, 2.45) is 0 Å². The van der Waals surface area contributed by atoms with Crippen LogP contribution in [-0.4, -0.2) is 42.0 Å². The summed E-state index contributed by atoms with van der Waals surface area (Å²) in [6, 6.07) is 4.36. The van der Waals surface area contributed by atoms with E-state index in [2.05, 4.69) is 25.8 Å². The molecule has 0 saturated carbocycles. The molecule has 0 radical (unpaired) electrons. The maximum Gasteiger partial charge on any atom is 0.254 e. The Hall–Kier alpha value is -1.47. The number of thiazole rings is 1. The smallest absolute Gasteiger partial charge is 0.254 e. The zero-order chi connectivity index (χ0) is 14.8. The third kappa shape index (κ3) is 3.08. The Morgan fingerprint density at radius 1 is 1.29 bits per heavy atom. The van der Waals surface area contributed by atoms with E-state index in [0.717, 1.165) is 18.2 Å². The first-order valence-electron chi connectivity index (χ1n) is 6.54. The van der Waals surface area contributed by atoms with E-state index in [1.165, 1.54) is 18.2 Å². The first-order valence-corrected chi connectivity index (χ1v) is 8.21. The van der Waals surface area contributed by atoms with E-state index in [1.54, 1.807) is 22.4 Å². The van der Waals surface area contributed by atoms with Crippen LogP contribution in [-0.2, 0) is 0 Å². The van der Waals surface area contributed by atoms with Gasteiger partial charge in [0.1, 0.15) is 5.82 Å². The van der Waals surface area contributed by atoms with Crippen molar-refractivity contribution in [1.82, 2.24) is 9.88 Å². The Morgan fingerprint density at radius 2 is 2.05 bits per heavy atom. The summed E-state index contributed by atoms with van der Waals surface area (Å²) in [7, 11) is 0. The first kappa shape index (κ1) is 14.5. The zero-order valence-electron chi connectivity index (χ0n) is 11.1. The van der Waals surface area contributed by atoms with Crippen LogP contribution in [0.4, 0.5) is 9.52 Å². The van der Waals surface area contributed by atoms with Crippen molar-refractivity contribution < 1.29 is 9.18 Å². The molecule has 21 heavy (non-hydrogen) atoms. The van der Waals surface area contributed by atoms with Crippen LogP contribution in [0.15, 0.2) is 34.2 Å². The molecule has 1 aliphatic rings. The summed E-state index contributed by atoms with van der Waals surface area (Å²) >= 11 is 4.72. The molecular weight excluding hydrogens is 357 g/mol. The van der Waals surface area contributed by atoms with Crippen molar-refractivity contribution in [3.8, 4) is 0 Å². The van der Waals surface area contributed by atoms with E-state index in [4.69, 9.17) is 0 Å². The molecule has 110 valence electrons. The Labute approximate surface area is 134 Å². The minimum Gasteiger partial charge on any atom is -0.345 e. The van der Waals surface area contributed by atoms with Crippen molar-refractivity contribution in [3.63, 3.8) is 0 Å². The lowest BCUT2D eigenvalue weighted by Crippen LogP contribution is -2.48. The molecule has 1 saturated heterocycles. The monoisotopic (exact) mass is 369 g/mol. The molecule has 3 rings (SSSR count). The quantitative estimate of drug-likeness (QED) is 0.816. The second kappa shape index (κ2) is 6.11. The molecule has 1 aromatic heterocycles. The second-order valence-electron chi connectivity index (χ2n) is 4.72. The summed E-state index contributed by atoms with van der Waals surface area (Å²) in [6.45, 7) is 2.82. The molecule has 2 heterocycles. The first-order chi connectivity index (χ1) is 10.1. The fourth-order valence-corrected chi connectivity index (χ4v) is 3.36. The average molecular weight is 370 g/mol. The van der Waals surface area contributed by atoms with Gasteiger partial charge in [-0.05, 0) is 34.1 Å². The highest BCUT2D eigenvalue weighted by Gasteiger charge is 2.23. The summed E-state index contributed by atoms with van der Waals surface area (Å²) in [5, 5.41) is 2.94. The van der Waals surface area contributed by atoms with Gasteiger partial charge in [0.2, 0.25) is 0 Å². The third-order valence-electron chi connectivity index (χ3n) is 3.42. The summed E-state index contributed by atoms with van der Waals surface area (Å²) < 4.78 is 13.5. The second-order valence-corrected chi connectivity index (χ2v) is 6.45. The van der Waals surface area contributed by atoms with E-state index in [-0.39, 0.29) is 11.7 Å². The topological polar surface area (TPSA) is 36.4 Å². The maximum atomic E-state index is 13.2. The Balaban J connectivity index is 1.66. The van der Waals surface area contributed by atoms with Gasteiger partial charge < -0.3 is 9.80 Å². The molecule has 0 aliphatic carbocycles. The van der Waals surface area contributed by atoms with Gasteiger partial charge in [0.15, 0.2) is 5.13 Å². The number of carbonyl (C=O) groups is 1. The lowest BCUT2D eigenvalue weighted by Gasteiger charge is -2.34. The highest BCUT2D eigenvalue weighted by molar-refractivity contribution is 9.10. The predicted octanol–water partition coefficient (Wildman–Crippen LogP) is 3.01. The Morgan fingerprint density at radius 3 is 2.67 bits per heavy atom. The fraction of sp³-hybridized carbons (Fsp3) is 0.286. The molecule has 0 bridgehead atoms. The molecule has 0 atom stereocenters. The highest BCUT2D eigenvalue weighted by Crippen LogP contribution is 2.21. The van der Waals surface area contributed by atoms with Crippen LogP contribution < -0.4 is 4.90 Å². The van der Waals surface area contributed by atoms with Gasteiger partial charge in [-0.2, -0.15) is 0 Å². The van der Waals surface area contributed by atoms with Gasteiger partial charge in [-0.25, -0.2) is 9.37 Å². The van der Waals surface area contributed by atoms with Crippen molar-refractivity contribution >= 4 is 38.3 Å². The number of hydrogen-bond donors (Lipinski definition) is 0. The molecule has 2 aromatic rings. The van der Waals surface area contributed by atoms with Gasteiger partial charge in [0.25, 0.3) is 5.91 Å². The predicted molar refractivity (Wildman–Crippen MR) is 84.3 cm³/mol. The van der Waals surface area contributed by atoms with Crippen LogP contribution >= 0.6 is 27.3 Å². The summed E-state index contributed by atoms with van der Waals surface area (Å²) in [6.07, 6.45) is 1.79. The number of benzene rings is 1. The van der Waals surface area contributed by atoms with E-state index < -0.39 is 0 Å². The van der Waals surface area contributed by atoms with Gasteiger partial charge in [-0.15, -0.1) is 11.3 Å². The molecule has 1 aliphatic heterocycles. The summed E-state index contributed by atoms with van der Waals surface area (Å²) in [4.78, 5) is 20.7. The van der Waals surface area contributed by atoms with Gasteiger partial charge in [0, 0.05) is 43.3 Å². The number of carbonyl (C=O) groups excluding carboxylic acids is 1. The number of rotatable bonds is 2. The average Bonchev–Trinajstić information content (AvgIpc) is 3.04. The largest absolute Gasteiger partial charge is 0.345 e. The summed E-state index contributed by atoms with van der Waals surface area (Å²) in [5.41, 5.74) is 0.506. The Bertz CT molecular complexity index is 642. The molecule has 0 unspecified atom stereocenters. The van der Waals surface area contributed by atoms with Gasteiger partial charge in [-0.3, -0.25) is 4.79 Å². The SMILES string of the molecule is O=C(c1ccc(F)c(Br)c1)N1CCN(c2nccs2)CC1. The minimum atomic E-state index is -0.361. The Kier molecular flexibility index (Phi) is 4.21. The molecule has 1 amide bonds. The van der Waals surface area contributed by atoms with Crippen molar-refractivity contribution in [2.45, 2.75) is 0 Å². The van der Waals surface area contributed by atoms with Gasteiger partial charge >= 0.3 is 0 Å². The van der Waals surface area contributed by atoms with E-state index in [0.29, 0.717) is 23.1 Å². The van der Waals surface area contributed by atoms with Gasteiger partial charge in [0.05, 0.1) is 4.47 Å². The van der Waals surface area contributed by atoms with Crippen LogP contribution in [0.25, 0.3) is 0 Å². The molecule has 1 fully saturated rings. The number of hydrogen-bond acceptors (Lipinski definition) is 4. The standard InChI is InChI=1S/C14H13BrFN3OS/c15-11-9-10(1-2-12(11)16)13(20)18-4-6-19(7-5-18)14-17-3-8-21-14/h1-3,8-9H,4-7H2. The molecular formula is C14H13BrFN3OS. The molecule has 4 nitrogen and oxygen atoms in total. The van der Waals surface area contributed by atoms with E-state index in [9.17, 15) is 9.18 Å². The van der Waals surface area contributed by atoms with Crippen LogP contribution in [0.3, 0.4) is 0 Å². The van der Waals surface area contributed by atoms with Crippen molar-refractivity contribution in [3.05, 3.63) is 45.6 Å². The van der Waals surface area contributed by atoms with Crippen molar-refractivity contribution in [1.29, 1.82) is 0 Å². The highest BCUT2D eigenvalue weighted by atomic mass is 79.9.